The number of carbonyl (C=O) groups excluding carboxylic acids is 1. The fraction of sp³-hybridized carbons (Fsp3) is 0.600. The van der Waals surface area contributed by atoms with Gasteiger partial charge in [-0.3, -0.25) is 9.48 Å². The van der Waals surface area contributed by atoms with E-state index in [1.54, 1.807) is 4.68 Å². The zero-order chi connectivity index (χ0) is 10.1. The molecule has 1 aliphatic heterocycles. The van der Waals surface area contributed by atoms with Gasteiger partial charge in [-0.25, -0.2) is 0 Å². The summed E-state index contributed by atoms with van der Waals surface area (Å²) in [5, 5.41) is 4.17. The molecule has 4 nitrogen and oxygen atoms in total. The van der Waals surface area contributed by atoms with Crippen LogP contribution in [0.1, 0.15) is 29.0 Å². The molecule has 0 aromatic carbocycles. The molecule has 2 rings (SSSR count). The summed E-state index contributed by atoms with van der Waals surface area (Å²) in [6.07, 6.45) is 2.26. The highest BCUT2D eigenvalue weighted by Gasteiger charge is 2.21. The van der Waals surface area contributed by atoms with Gasteiger partial charge in [0.2, 0.25) is 0 Å². The first-order valence-electron chi connectivity index (χ1n) is 4.98. The minimum atomic E-state index is 0.116. The van der Waals surface area contributed by atoms with Crippen molar-refractivity contribution < 1.29 is 4.79 Å². The third-order valence-electron chi connectivity index (χ3n) is 2.61. The van der Waals surface area contributed by atoms with Crippen LogP contribution in [0.15, 0.2) is 6.07 Å². The Kier molecular flexibility index (Phi) is 2.27. The van der Waals surface area contributed by atoms with Crippen LogP contribution in [0, 0.1) is 6.92 Å². The lowest BCUT2D eigenvalue weighted by atomic mass is 10.3. The normalized spacial score (nSPS) is 16.3. The number of aromatic nitrogens is 2. The van der Waals surface area contributed by atoms with E-state index in [1.165, 1.54) is 0 Å². The third-order valence-corrected chi connectivity index (χ3v) is 2.61. The van der Waals surface area contributed by atoms with Crippen LogP contribution in [-0.2, 0) is 7.05 Å². The van der Waals surface area contributed by atoms with Crippen molar-refractivity contribution in [2.75, 3.05) is 13.1 Å². The minimum absolute atomic E-state index is 0.116. The molecular weight excluding hydrogens is 178 g/mol. The van der Waals surface area contributed by atoms with Crippen LogP contribution in [-0.4, -0.2) is 33.7 Å². The summed E-state index contributed by atoms with van der Waals surface area (Å²) >= 11 is 0. The fourth-order valence-electron chi connectivity index (χ4n) is 1.89. The number of nitrogens with zero attached hydrogens (tertiary/aromatic N) is 3. The van der Waals surface area contributed by atoms with E-state index in [1.807, 2.05) is 24.9 Å². The Hall–Kier alpha value is -1.32. The number of aryl methyl sites for hydroxylation is 2. The van der Waals surface area contributed by atoms with Crippen LogP contribution >= 0.6 is 0 Å². The van der Waals surface area contributed by atoms with Crippen molar-refractivity contribution >= 4 is 5.91 Å². The van der Waals surface area contributed by atoms with Crippen LogP contribution in [0.5, 0.6) is 0 Å². The maximum absolute atomic E-state index is 11.9. The number of carbonyl (C=O) groups is 1. The summed E-state index contributed by atoms with van der Waals surface area (Å²) in [4.78, 5) is 13.8. The Bertz CT molecular complexity index is 350. The summed E-state index contributed by atoms with van der Waals surface area (Å²) in [6, 6.07) is 1.85. The fourth-order valence-corrected chi connectivity index (χ4v) is 1.89. The van der Waals surface area contributed by atoms with Gasteiger partial charge >= 0.3 is 0 Å². The smallest absolute Gasteiger partial charge is 0.272 e. The third kappa shape index (κ3) is 1.52. The highest BCUT2D eigenvalue weighted by atomic mass is 16.2. The van der Waals surface area contributed by atoms with Gasteiger partial charge in [-0.2, -0.15) is 5.10 Å². The summed E-state index contributed by atoms with van der Waals surface area (Å²) < 4.78 is 1.66. The van der Waals surface area contributed by atoms with E-state index in [0.29, 0.717) is 5.69 Å². The Morgan fingerprint density at radius 1 is 1.43 bits per heavy atom. The highest BCUT2D eigenvalue weighted by Crippen LogP contribution is 2.12. The molecule has 1 aliphatic rings. The molecule has 1 amide bonds. The van der Waals surface area contributed by atoms with Crippen LogP contribution in [0.25, 0.3) is 0 Å². The molecule has 76 valence electrons. The molecule has 0 atom stereocenters. The van der Waals surface area contributed by atoms with Crippen LogP contribution in [0.3, 0.4) is 0 Å². The maximum Gasteiger partial charge on any atom is 0.272 e. The van der Waals surface area contributed by atoms with Crippen LogP contribution < -0.4 is 0 Å². The SMILES string of the molecule is Cc1cc(C(=O)N2CCCC2)n(C)n1. The summed E-state index contributed by atoms with van der Waals surface area (Å²) in [5.74, 6) is 0.116. The van der Waals surface area contributed by atoms with Gasteiger partial charge in [0.05, 0.1) is 5.69 Å². The van der Waals surface area contributed by atoms with Crippen molar-refractivity contribution in [2.45, 2.75) is 19.8 Å². The van der Waals surface area contributed by atoms with Gasteiger partial charge in [-0.1, -0.05) is 0 Å². The molecule has 0 N–H and O–H groups in total. The molecule has 0 radical (unpaired) electrons. The summed E-state index contributed by atoms with van der Waals surface area (Å²) in [6.45, 7) is 3.69. The van der Waals surface area contributed by atoms with Gasteiger partial charge in [-0.05, 0) is 25.8 Å². The first-order chi connectivity index (χ1) is 6.68. The van der Waals surface area contributed by atoms with Crippen molar-refractivity contribution in [1.29, 1.82) is 0 Å². The lowest BCUT2D eigenvalue weighted by Crippen LogP contribution is -2.29. The maximum atomic E-state index is 11.9. The lowest BCUT2D eigenvalue weighted by molar-refractivity contribution is 0.0782. The van der Waals surface area contributed by atoms with Gasteiger partial charge in [0.1, 0.15) is 5.69 Å². The van der Waals surface area contributed by atoms with Crippen molar-refractivity contribution in [3.8, 4) is 0 Å². The first-order valence-corrected chi connectivity index (χ1v) is 4.98. The molecule has 0 bridgehead atoms. The Morgan fingerprint density at radius 3 is 2.57 bits per heavy atom. The summed E-state index contributed by atoms with van der Waals surface area (Å²) in [7, 11) is 1.82. The molecule has 2 heterocycles. The Morgan fingerprint density at radius 2 is 2.07 bits per heavy atom. The van der Waals surface area contributed by atoms with E-state index in [2.05, 4.69) is 5.10 Å². The number of hydrogen-bond acceptors (Lipinski definition) is 2. The predicted molar refractivity (Wildman–Crippen MR) is 53.1 cm³/mol. The van der Waals surface area contributed by atoms with Crippen molar-refractivity contribution in [3.63, 3.8) is 0 Å². The van der Waals surface area contributed by atoms with Gasteiger partial charge in [0.15, 0.2) is 0 Å². The molecule has 0 aliphatic carbocycles. The summed E-state index contributed by atoms with van der Waals surface area (Å²) in [5.41, 5.74) is 1.60. The number of rotatable bonds is 1. The molecule has 0 spiro atoms. The standard InChI is InChI=1S/C10H15N3O/c1-8-7-9(12(2)11-8)10(14)13-5-3-4-6-13/h7H,3-6H2,1-2H3. The van der Waals surface area contributed by atoms with E-state index in [9.17, 15) is 4.79 Å². The molecule has 0 saturated carbocycles. The quantitative estimate of drug-likeness (QED) is 0.666. The van der Waals surface area contributed by atoms with Crippen molar-refractivity contribution in [1.82, 2.24) is 14.7 Å². The topological polar surface area (TPSA) is 38.1 Å². The molecule has 1 aromatic heterocycles. The van der Waals surface area contributed by atoms with Gasteiger partial charge in [0, 0.05) is 20.1 Å². The van der Waals surface area contributed by atoms with Gasteiger partial charge < -0.3 is 4.90 Å². The molecule has 1 saturated heterocycles. The zero-order valence-corrected chi connectivity index (χ0v) is 8.66. The predicted octanol–water partition coefficient (Wildman–Crippen LogP) is 0.965. The van der Waals surface area contributed by atoms with Gasteiger partial charge in [0.25, 0.3) is 5.91 Å². The van der Waals surface area contributed by atoms with E-state index in [-0.39, 0.29) is 5.91 Å². The average Bonchev–Trinajstić information content (AvgIpc) is 2.73. The number of likely N-dealkylation sites (tertiary alicyclic amines) is 1. The molecule has 4 heteroatoms. The molecule has 1 aromatic rings. The average molecular weight is 193 g/mol. The Balaban J connectivity index is 2.21. The monoisotopic (exact) mass is 193 g/mol. The number of hydrogen-bond donors (Lipinski definition) is 0. The zero-order valence-electron chi connectivity index (χ0n) is 8.66. The second-order valence-electron chi connectivity index (χ2n) is 3.79. The van der Waals surface area contributed by atoms with Crippen molar-refractivity contribution in [3.05, 3.63) is 17.5 Å². The van der Waals surface area contributed by atoms with E-state index in [4.69, 9.17) is 0 Å². The van der Waals surface area contributed by atoms with Crippen LogP contribution in [0.2, 0.25) is 0 Å². The van der Waals surface area contributed by atoms with Gasteiger partial charge in [-0.15, -0.1) is 0 Å². The minimum Gasteiger partial charge on any atom is -0.337 e. The second kappa shape index (κ2) is 3.44. The molecule has 14 heavy (non-hydrogen) atoms. The van der Waals surface area contributed by atoms with E-state index < -0.39 is 0 Å². The first kappa shape index (κ1) is 9.24. The lowest BCUT2D eigenvalue weighted by Gasteiger charge is -2.14. The Labute approximate surface area is 83.5 Å². The molecular formula is C10H15N3O. The molecule has 1 fully saturated rings. The second-order valence-corrected chi connectivity index (χ2v) is 3.79. The molecule has 0 unspecified atom stereocenters. The van der Waals surface area contributed by atoms with E-state index in [0.717, 1.165) is 31.6 Å². The van der Waals surface area contributed by atoms with Crippen LogP contribution in [0.4, 0.5) is 0 Å². The van der Waals surface area contributed by atoms with E-state index >= 15 is 0 Å². The largest absolute Gasteiger partial charge is 0.337 e. The number of amides is 1. The van der Waals surface area contributed by atoms with Crippen molar-refractivity contribution in [2.24, 2.45) is 7.05 Å². The highest BCUT2D eigenvalue weighted by molar-refractivity contribution is 5.92.